The molecular formula is C15H12ClN3O2S. The number of ether oxygens (including phenoxy) is 1. The zero-order valence-electron chi connectivity index (χ0n) is 11.6. The molecule has 0 bridgehead atoms. The Morgan fingerprint density at radius 1 is 1.32 bits per heavy atom. The van der Waals surface area contributed by atoms with Gasteiger partial charge in [-0.3, -0.25) is 4.90 Å². The molecule has 1 atom stereocenters. The highest BCUT2D eigenvalue weighted by Gasteiger charge is 2.23. The monoisotopic (exact) mass is 333 g/mol. The Bertz CT molecular complexity index is 742. The van der Waals surface area contributed by atoms with Crippen molar-refractivity contribution in [3.8, 4) is 5.75 Å². The quantitative estimate of drug-likeness (QED) is 0.826. The van der Waals surface area contributed by atoms with Crippen LogP contribution in [-0.4, -0.2) is 19.7 Å². The number of hydrogen-bond acceptors (Lipinski definition) is 5. The summed E-state index contributed by atoms with van der Waals surface area (Å²) < 4.78 is 13.5. The average molecular weight is 334 g/mol. The fraction of sp³-hybridized carbons (Fsp3) is 0.133. The molecule has 1 aliphatic heterocycles. The number of nitrogens with zero attached hydrogens (tertiary/aromatic N) is 3. The number of halogens is 1. The van der Waals surface area contributed by atoms with Crippen LogP contribution in [0.4, 0.5) is 4.79 Å². The third kappa shape index (κ3) is 3.03. The van der Waals surface area contributed by atoms with Crippen LogP contribution in [0.15, 0.2) is 48.8 Å². The van der Waals surface area contributed by atoms with Crippen molar-refractivity contribution >= 4 is 35.0 Å². The minimum absolute atomic E-state index is 0.0853. The van der Waals surface area contributed by atoms with Gasteiger partial charge in [0.05, 0.1) is 11.7 Å². The number of amides is 1. The van der Waals surface area contributed by atoms with Crippen LogP contribution in [-0.2, 0) is 0 Å². The fourth-order valence-corrected chi connectivity index (χ4v) is 2.78. The second-order valence-electron chi connectivity index (χ2n) is 4.71. The summed E-state index contributed by atoms with van der Waals surface area (Å²) in [7, 11) is 0. The molecule has 112 valence electrons. The van der Waals surface area contributed by atoms with E-state index in [0.29, 0.717) is 16.6 Å². The van der Waals surface area contributed by atoms with Gasteiger partial charge in [0.1, 0.15) is 11.4 Å². The fourth-order valence-electron chi connectivity index (χ4n) is 2.02. The van der Waals surface area contributed by atoms with Gasteiger partial charge >= 0.3 is 6.09 Å². The smallest absolute Gasteiger partial charge is 0.410 e. The molecule has 5 nitrogen and oxygen atoms in total. The van der Waals surface area contributed by atoms with Gasteiger partial charge in [0.15, 0.2) is 5.15 Å². The number of benzene rings is 1. The standard InChI is InChI=1S/C15H12ClN3O2S/c1-10-7-8-19(9-12(10)13-14(16)18-22-17-13)15(20)21-11-5-3-2-4-6-11/h2-10H,1H3. The minimum atomic E-state index is -0.494. The molecule has 0 N–H and O–H groups in total. The lowest BCUT2D eigenvalue weighted by Crippen LogP contribution is -2.26. The van der Waals surface area contributed by atoms with Gasteiger partial charge in [0, 0.05) is 23.9 Å². The van der Waals surface area contributed by atoms with Gasteiger partial charge in [0.2, 0.25) is 0 Å². The van der Waals surface area contributed by atoms with Gasteiger partial charge < -0.3 is 4.74 Å². The first-order valence-electron chi connectivity index (χ1n) is 6.59. The van der Waals surface area contributed by atoms with Crippen LogP contribution in [0.2, 0.25) is 5.15 Å². The molecule has 0 radical (unpaired) electrons. The number of aromatic nitrogens is 2. The largest absolute Gasteiger partial charge is 0.423 e. The van der Waals surface area contributed by atoms with E-state index in [4.69, 9.17) is 16.3 Å². The predicted molar refractivity (Wildman–Crippen MR) is 85.5 cm³/mol. The average Bonchev–Trinajstić information content (AvgIpc) is 2.94. The lowest BCUT2D eigenvalue weighted by atomic mass is 9.97. The molecule has 1 unspecified atom stereocenters. The topological polar surface area (TPSA) is 55.3 Å². The Morgan fingerprint density at radius 2 is 2.09 bits per heavy atom. The lowest BCUT2D eigenvalue weighted by molar-refractivity contribution is 0.181. The van der Waals surface area contributed by atoms with Crippen molar-refractivity contribution in [1.82, 2.24) is 13.6 Å². The molecule has 1 aliphatic rings. The van der Waals surface area contributed by atoms with E-state index in [1.54, 1.807) is 36.7 Å². The first-order chi connectivity index (χ1) is 10.6. The summed E-state index contributed by atoms with van der Waals surface area (Å²) in [6.45, 7) is 2.00. The van der Waals surface area contributed by atoms with Crippen LogP contribution >= 0.6 is 23.3 Å². The summed E-state index contributed by atoms with van der Waals surface area (Å²) in [5.41, 5.74) is 1.42. The van der Waals surface area contributed by atoms with E-state index in [0.717, 1.165) is 17.3 Å². The maximum absolute atomic E-state index is 12.2. The SMILES string of the molecule is CC1C=CN(C(=O)Oc2ccccc2)C=C1c1nsnc1Cl. The molecule has 0 aliphatic carbocycles. The predicted octanol–water partition coefficient (Wildman–Crippen LogP) is 4.20. The maximum Gasteiger partial charge on any atom is 0.423 e. The number of hydrogen-bond donors (Lipinski definition) is 0. The maximum atomic E-state index is 12.2. The first-order valence-corrected chi connectivity index (χ1v) is 7.69. The molecule has 0 spiro atoms. The number of carbonyl (C=O) groups excluding carboxylic acids is 1. The number of rotatable bonds is 2. The Kier molecular flexibility index (Phi) is 4.22. The first kappa shape index (κ1) is 14.7. The summed E-state index contributed by atoms with van der Waals surface area (Å²) in [5, 5.41) is 0.342. The summed E-state index contributed by atoms with van der Waals surface area (Å²) in [5.74, 6) is 0.574. The van der Waals surface area contributed by atoms with Gasteiger partial charge in [-0.2, -0.15) is 8.75 Å². The third-order valence-corrected chi connectivity index (χ3v) is 4.08. The highest BCUT2D eigenvalue weighted by molar-refractivity contribution is 6.99. The molecule has 3 rings (SSSR count). The van der Waals surface area contributed by atoms with E-state index in [1.807, 2.05) is 19.1 Å². The van der Waals surface area contributed by atoms with Crippen molar-refractivity contribution in [2.45, 2.75) is 6.92 Å². The molecule has 2 heterocycles. The van der Waals surface area contributed by atoms with Crippen molar-refractivity contribution in [3.05, 3.63) is 59.7 Å². The second-order valence-corrected chi connectivity index (χ2v) is 5.59. The molecule has 1 aromatic carbocycles. The molecule has 0 fully saturated rings. The normalized spacial score (nSPS) is 17.3. The summed E-state index contributed by atoms with van der Waals surface area (Å²) in [4.78, 5) is 13.6. The molecule has 7 heteroatoms. The van der Waals surface area contributed by atoms with Gasteiger partial charge in [-0.1, -0.05) is 42.8 Å². The van der Waals surface area contributed by atoms with Crippen LogP contribution in [0, 0.1) is 5.92 Å². The van der Waals surface area contributed by atoms with Crippen LogP contribution < -0.4 is 4.74 Å². The highest BCUT2D eigenvalue weighted by Crippen LogP contribution is 2.31. The Morgan fingerprint density at radius 3 is 2.77 bits per heavy atom. The molecule has 0 saturated carbocycles. The van der Waals surface area contributed by atoms with Crippen molar-refractivity contribution in [1.29, 1.82) is 0 Å². The van der Waals surface area contributed by atoms with Gasteiger partial charge in [-0.05, 0) is 12.1 Å². The molecule has 1 aromatic heterocycles. The Labute approximate surface area is 136 Å². The molecule has 2 aromatic rings. The van der Waals surface area contributed by atoms with E-state index in [1.165, 1.54) is 4.90 Å². The molecule has 1 amide bonds. The number of para-hydroxylation sites is 1. The van der Waals surface area contributed by atoms with E-state index in [2.05, 4.69) is 8.75 Å². The van der Waals surface area contributed by atoms with E-state index >= 15 is 0 Å². The molecular weight excluding hydrogens is 322 g/mol. The van der Waals surface area contributed by atoms with E-state index in [-0.39, 0.29) is 5.92 Å². The zero-order chi connectivity index (χ0) is 15.5. The third-order valence-electron chi connectivity index (χ3n) is 3.19. The summed E-state index contributed by atoms with van der Waals surface area (Å²) in [6.07, 6.45) is 4.74. The van der Waals surface area contributed by atoms with Crippen molar-refractivity contribution in [3.63, 3.8) is 0 Å². The Balaban J connectivity index is 1.82. The summed E-state index contributed by atoms with van der Waals surface area (Å²) >= 11 is 7.08. The van der Waals surface area contributed by atoms with Crippen molar-refractivity contribution < 1.29 is 9.53 Å². The van der Waals surface area contributed by atoms with Gasteiger partial charge in [0.25, 0.3) is 0 Å². The minimum Gasteiger partial charge on any atom is -0.410 e. The summed E-state index contributed by atoms with van der Waals surface area (Å²) in [6, 6.07) is 8.91. The lowest BCUT2D eigenvalue weighted by Gasteiger charge is -2.22. The molecule has 22 heavy (non-hydrogen) atoms. The van der Waals surface area contributed by atoms with Crippen LogP contribution in [0.25, 0.3) is 5.57 Å². The van der Waals surface area contributed by atoms with Crippen molar-refractivity contribution in [2.24, 2.45) is 5.92 Å². The number of allylic oxidation sites excluding steroid dienone is 2. The Hall–Kier alpha value is -2.18. The van der Waals surface area contributed by atoms with E-state index in [9.17, 15) is 4.79 Å². The van der Waals surface area contributed by atoms with Crippen LogP contribution in [0.3, 0.4) is 0 Å². The van der Waals surface area contributed by atoms with Crippen molar-refractivity contribution in [2.75, 3.05) is 0 Å². The van der Waals surface area contributed by atoms with Gasteiger partial charge in [-0.15, -0.1) is 0 Å². The van der Waals surface area contributed by atoms with E-state index < -0.39 is 6.09 Å². The molecule has 0 saturated heterocycles. The number of carbonyl (C=O) groups is 1. The zero-order valence-corrected chi connectivity index (χ0v) is 13.2. The highest BCUT2D eigenvalue weighted by atomic mass is 35.5. The second kappa shape index (κ2) is 6.29. The van der Waals surface area contributed by atoms with Gasteiger partial charge in [-0.25, -0.2) is 4.79 Å². The van der Waals surface area contributed by atoms with Crippen LogP contribution in [0.1, 0.15) is 12.6 Å². The van der Waals surface area contributed by atoms with Crippen LogP contribution in [0.5, 0.6) is 5.75 Å².